The van der Waals surface area contributed by atoms with E-state index < -0.39 is 12.0 Å². The average molecular weight is 557 g/mol. The lowest BCUT2D eigenvalue weighted by molar-refractivity contribution is -0.139. The molecule has 0 bridgehead atoms. The number of esters is 1. The van der Waals surface area contributed by atoms with Gasteiger partial charge in [-0.1, -0.05) is 29.0 Å². The van der Waals surface area contributed by atoms with Crippen LogP contribution in [-0.4, -0.2) is 37.5 Å². The third-order valence-electron chi connectivity index (χ3n) is 5.86. The predicted octanol–water partition coefficient (Wildman–Crippen LogP) is 4.26. The number of ether oxygens (including phenoxy) is 4. The number of benzene rings is 2. The minimum Gasteiger partial charge on any atom is -0.493 e. The summed E-state index contributed by atoms with van der Waals surface area (Å²) in [5.41, 5.74) is 1.77. The number of methoxy groups -OCH3 is 2. The van der Waals surface area contributed by atoms with Crippen molar-refractivity contribution >= 4 is 35.0 Å². The molecule has 1 atom stereocenters. The highest BCUT2D eigenvalue weighted by molar-refractivity contribution is 7.07. The van der Waals surface area contributed by atoms with Crippen LogP contribution in [0.3, 0.4) is 0 Å². The van der Waals surface area contributed by atoms with E-state index in [1.807, 2.05) is 13.8 Å². The first kappa shape index (κ1) is 27.5. The Bertz CT molecular complexity index is 1590. The monoisotopic (exact) mass is 556 g/mol. The van der Waals surface area contributed by atoms with E-state index in [1.54, 1.807) is 63.4 Å². The van der Waals surface area contributed by atoms with Crippen molar-refractivity contribution in [3.8, 4) is 17.2 Å². The molecule has 4 rings (SSSR count). The maximum Gasteiger partial charge on any atom is 0.338 e. The van der Waals surface area contributed by atoms with Gasteiger partial charge in [-0.2, -0.15) is 0 Å². The zero-order valence-corrected chi connectivity index (χ0v) is 23.6. The van der Waals surface area contributed by atoms with E-state index in [1.165, 1.54) is 23.0 Å². The van der Waals surface area contributed by atoms with Crippen LogP contribution in [0.4, 0.5) is 0 Å². The van der Waals surface area contributed by atoms with Gasteiger partial charge in [0.15, 0.2) is 16.3 Å². The highest BCUT2D eigenvalue weighted by Gasteiger charge is 2.34. The average Bonchev–Trinajstić information content (AvgIpc) is 3.18. The molecule has 200 valence electrons. The van der Waals surface area contributed by atoms with Crippen LogP contribution in [-0.2, 0) is 9.53 Å². The van der Waals surface area contributed by atoms with Gasteiger partial charge >= 0.3 is 5.97 Å². The Morgan fingerprint density at radius 3 is 2.50 bits per heavy atom. The Hall–Kier alpha value is -3.56. The van der Waals surface area contributed by atoms with E-state index in [2.05, 4.69) is 4.99 Å². The molecule has 0 amide bonds. The Morgan fingerprint density at radius 2 is 1.84 bits per heavy atom. The number of allylic oxidation sites excluding steroid dienone is 1. The number of hydrogen-bond donors (Lipinski definition) is 0. The molecule has 10 heteroatoms. The van der Waals surface area contributed by atoms with Gasteiger partial charge in [0.25, 0.3) is 5.56 Å². The van der Waals surface area contributed by atoms with Crippen molar-refractivity contribution in [2.45, 2.75) is 39.8 Å². The third-order valence-corrected chi connectivity index (χ3v) is 7.08. The first-order chi connectivity index (χ1) is 18.2. The minimum absolute atomic E-state index is 0.0654. The van der Waals surface area contributed by atoms with E-state index in [-0.39, 0.29) is 23.8 Å². The standard InChI is InChI=1S/C28H29ClN2O6S/c1-7-36-27(33)24-16(4)30-28-31(25(24)17-8-10-21(34-5)22(13-17)35-6)26(32)23(38-28)14-18-12-19(29)9-11-20(18)37-15(2)3/h8-15,25H,7H2,1-6H3/b23-14+/t25-/m0/s1. The number of carbonyl (C=O) groups excluding carboxylic acids is 1. The quantitative estimate of drug-likeness (QED) is 0.385. The number of halogens is 1. The van der Waals surface area contributed by atoms with E-state index in [0.717, 1.165) is 0 Å². The molecule has 3 aromatic rings. The molecule has 8 nitrogen and oxygen atoms in total. The molecule has 0 saturated carbocycles. The van der Waals surface area contributed by atoms with Crippen LogP contribution in [0.15, 0.2) is 57.5 Å². The molecule has 2 heterocycles. The van der Waals surface area contributed by atoms with Gasteiger partial charge in [-0.25, -0.2) is 9.79 Å². The molecule has 0 fully saturated rings. The summed E-state index contributed by atoms with van der Waals surface area (Å²) < 4.78 is 24.1. The van der Waals surface area contributed by atoms with E-state index in [9.17, 15) is 9.59 Å². The predicted molar refractivity (Wildman–Crippen MR) is 147 cm³/mol. The van der Waals surface area contributed by atoms with Crippen LogP contribution >= 0.6 is 22.9 Å². The Kier molecular flexibility index (Phi) is 8.28. The van der Waals surface area contributed by atoms with Crippen LogP contribution in [0.2, 0.25) is 5.02 Å². The second-order valence-electron chi connectivity index (χ2n) is 8.77. The van der Waals surface area contributed by atoms with Crippen molar-refractivity contribution in [1.29, 1.82) is 0 Å². The first-order valence-electron chi connectivity index (χ1n) is 12.1. The molecule has 0 aliphatic carbocycles. The second-order valence-corrected chi connectivity index (χ2v) is 10.2. The third kappa shape index (κ3) is 5.35. The second kappa shape index (κ2) is 11.4. The number of thiazole rings is 1. The fourth-order valence-corrected chi connectivity index (χ4v) is 5.48. The fraction of sp³-hybridized carbons (Fsp3) is 0.321. The van der Waals surface area contributed by atoms with Crippen molar-refractivity contribution < 1.29 is 23.7 Å². The molecule has 38 heavy (non-hydrogen) atoms. The Morgan fingerprint density at radius 1 is 1.13 bits per heavy atom. The summed E-state index contributed by atoms with van der Waals surface area (Å²) >= 11 is 7.49. The summed E-state index contributed by atoms with van der Waals surface area (Å²) in [6.07, 6.45) is 1.67. The summed E-state index contributed by atoms with van der Waals surface area (Å²) in [6.45, 7) is 7.51. The van der Waals surface area contributed by atoms with E-state index >= 15 is 0 Å². The number of rotatable bonds is 8. The SMILES string of the molecule is CCOC(=O)C1=C(C)N=c2s/c(=C/c3cc(Cl)ccc3OC(C)C)c(=O)n2[C@H]1c1ccc(OC)c(OC)c1. The summed E-state index contributed by atoms with van der Waals surface area (Å²) in [5, 5.41) is 0.517. The molecule has 1 aliphatic heterocycles. The van der Waals surface area contributed by atoms with Gasteiger partial charge in [0, 0.05) is 10.6 Å². The Labute approximate surface area is 229 Å². The summed E-state index contributed by atoms with van der Waals surface area (Å²) in [6, 6.07) is 9.78. The fourth-order valence-electron chi connectivity index (χ4n) is 4.26. The van der Waals surface area contributed by atoms with Crippen LogP contribution in [0, 0.1) is 0 Å². The maximum atomic E-state index is 13.9. The number of carbonyl (C=O) groups is 1. The van der Waals surface area contributed by atoms with Crippen LogP contribution in [0.25, 0.3) is 6.08 Å². The number of hydrogen-bond acceptors (Lipinski definition) is 8. The van der Waals surface area contributed by atoms with E-state index in [0.29, 0.717) is 48.4 Å². The van der Waals surface area contributed by atoms with Crippen molar-refractivity contribution in [3.05, 3.63) is 83.5 Å². The molecule has 0 radical (unpaired) electrons. The molecular weight excluding hydrogens is 528 g/mol. The normalized spacial score (nSPS) is 15.3. The number of fused-ring (bicyclic) bond motifs is 1. The minimum atomic E-state index is -0.780. The lowest BCUT2D eigenvalue weighted by atomic mass is 9.95. The Balaban J connectivity index is 1.97. The topological polar surface area (TPSA) is 88.4 Å². The lowest BCUT2D eigenvalue weighted by Gasteiger charge is -2.25. The molecule has 0 saturated heterocycles. The molecule has 1 aromatic heterocycles. The largest absolute Gasteiger partial charge is 0.493 e. The first-order valence-corrected chi connectivity index (χ1v) is 13.3. The van der Waals surface area contributed by atoms with Crippen molar-refractivity contribution in [2.75, 3.05) is 20.8 Å². The molecular formula is C28H29ClN2O6S. The van der Waals surface area contributed by atoms with Gasteiger partial charge in [0.1, 0.15) is 5.75 Å². The highest BCUT2D eigenvalue weighted by Crippen LogP contribution is 2.36. The van der Waals surface area contributed by atoms with Gasteiger partial charge in [-0.15, -0.1) is 0 Å². The van der Waals surface area contributed by atoms with Gasteiger partial charge in [0.2, 0.25) is 0 Å². The molecule has 0 spiro atoms. The highest BCUT2D eigenvalue weighted by atomic mass is 35.5. The van der Waals surface area contributed by atoms with Gasteiger partial charge < -0.3 is 18.9 Å². The zero-order valence-electron chi connectivity index (χ0n) is 22.0. The summed E-state index contributed by atoms with van der Waals surface area (Å²) in [5.74, 6) is 1.07. The van der Waals surface area contributed by atoms with Crippen molar-refractivity contribution in [3.63, 3.8) is 0 Å². The maximum absolute atomic E-state index is 13.9. The van der Waals surface area contributed by atoms with Crippen LogP contribution in [0.1, 0.15) is 44.9 Å². The molecule has 1 aliphatic rings. The number of nitrogens with zero attached hydrogens (tertiary/aromatic N) is 2. The van der Waals surface area contributed by atoms with Gasteiger partial charge in [-0.05, 0) is 69.7 Å². The van der Waals surface area contributed by atoms with Crippen LogP contribution in [0.5, 0.6) is 17.2 Å². The molecule has 2 aromatic carbocycles. The molecule has 0 N–H and O–H groups in total. The van der Waals surface area contributed by atoms with E-state index in [4.69, 9.17) is 30.5 Å². The lowest BCUT2D eigenvalue weighted by Crippen LogP contribution is -2.40. The summed E-state index contributed by atoms with van der Waals surface area (Å²) in [7, 11) is 3.07. The van der Waals surface area contributed by atoms with Crippen LogP contribution < -0.4 is 29.1 Å². The number of aromatic nitrogens is 1. The van der Waals surface area contributed by atoms with Crippen molar-refractivity contribution in [2.24, 2.45) is 4.99 Å². The zero-order chi connectivity index (χ0) is 27.6. The van der Waals surface area contributed by atoms with Gasteiger partial charge in [0.05, 0.1) is 48.8 Å². The van der Waals surface area contributed by atoms with Gasteiger partial charge in [-0.3, -0.25) is 9.36 Å². The smallest absolute Gasteiger partial charge is 0.338 e. The summed E-state index contributed by atoms with van der Waals surface area (Å²) in [4.78, 5) is 32.1. The van der Waals surface area contributed by atoms with Crippen molar-refractivity contribution in [1.82, 2.24) is 4.57 Å². The molecule has 0 unspecified atom stereocenters.